The van der Waals surface area contributed by atoms with Gasteiger partial charge in [-0.3, -0.25) is 9.47 Å². The van der Waals surface area contributed by atoms with E-state index in [0.29, 0.717) is 30.7 Å². The zero-order valence-corrected chi connectivity index (χ0v) is 12.6. The third kappa shape index (κ3) is 3.18. The third-order valence-corrected chi connectivity index (χ3v) is 3.84. The minimum Gasteiger partial charge on any atom is -0.467 e. The standard InChI is InChI=1S/C15H17F2N3O3/c1-22-14(21)12-8-19(6-7-23-12)9-13-18-10-4-2-3-5-11(10)20(13)15(16)17/h2-5,12,15H,6-9H2,1H3/t12-/m0/s1. The van der Waals surface area contributed by atoms with E-state index in [1.54, 1.807) is 24.3 Å². The van der Waals surface area contributed by atoms with E-state index in [9.17, 15) is 13.6 Å². The molecule has 8 heteroatoms. The summed E-state index contributed by atoms with van der Waals surface area (Å²) >= 11 is 0. The zero-order chi connectivity index (χ0) is 16.4. The van der Waals surface area contributed by atoms with Crippen LogP contribution in [0.25, 0.3) is 11.0 Å². The molecular formula is C15H17F2N3O3. The lowest BCUT2D eigenvalue weighted by molar-refractivity contribution is -0.160. The second-order valence-corrected chi connectivity index (χ2v) is 5.28. The first-order valence-corrected chi connectivity index (χ1v) is 7.26. The largest absolute Gasteiger partial charge is 0.467 e. The van der Waals surface area contributed by atoms with Crippen LogP contribution in [-0.2, 0) is 20.8 Å². The summed E-state index contributed by atoms with van der Waals surface area (Å²) in [6.07, 6.45) is -0.696. The maximum atomic E-state index is 13.4. The highest BCUT2D eigenvalue weighted by Crippen LogP contribution is 2.24. The van der Waals surface area contributed by atoms with Crippen molar-refractivity contribution < 1.29 is 23.0 Å². The highest BCUT2D eigenvalue weighted by Gasteiger charge is 2.29. The number of carbonyl (C=O) groups excluding carboxylic acids is 1. The maximum absolute atomic E-state index is 13.4. The molecule has 0 spiro atoms. The normalized spacial score (nSPS) is 19.4. The second-order valence-electron chi connectivity index (χ2n) is 5.28. The fourth-order valence-corrected chi connectivity index (χ4v) is 2.74. The van der Waals surface area contributed by atoms with E-state index in [0.717, 1.165) is 4.57 Å². The number of esters is 1. The molecule has 6 nitrogen and oxygen atoms in total. The van der Waals surface area contributed by atoms with Gasteiger partial charge in [-0.25, -0.2) is 9.78 Å². The Hall–Kier alpha value is -2.06. The number of halogens is 2. The molecule has 23 heavy (non-hydrogen) atoms. The van der Waals surface area contributed by atoms with Crippen LogP contribution < -0.4 is 0 Å². The van der Waals surface area contributed by atoms with Crippen molar-refractivity contribution >= 4 is 17.0 Å². The van der Waals surface area contributed by atoms with E-state index in [4.69, 9.17) is 4.74 Å². The number of benzene rings is 1. The molecule has 1 aliphatic rings. The van der Waals surface area contributed by atoms with Crippen LogP contribution in [0.5, 0.6) is 0 Å². The minimum atomic E-state index is -2.67. The number of carbonyl (C=O) groups is 1. The first kappa shape index (κ1) is 15.8. The molecule has 2 aromatic rings. The van der Waals surface area contributed by atoms with Gasteiger partial charge in [0.25, 0.3) is 0 Å². The Morgan fingerprint density at radius 1 is 1.48 bits per heavy atom. The molecule has 124 valence electrons. The van der Waals surface area contributed by atoms with E-state index in [1.165, 1.54) is 7.11 Å². The summed E-state index contributed by atoms with van der Waals surface area (Å²) in [6.45, 7) is -1.28. The fraction of sp³-hybridized carbons (Fsp3) is 0.467. The first-order chi connectivity index (χ1) is 11.1. The van der Waals surface area contributed by atoms with Crippen molar-refractivity contribution in [3.63, 3.8) is 0 Å². The number of aromatic nitrogens is 2. The van der Waals surface area contributed by atoms with E-state index >= 15 is 0 Å². The van der Waals surface area contributed by atoms with Gasteiger partial charge in [0.15, 0.2) is 6.10 Å². The Morgan fingerprint density at radius 3 is 3.00 bits per heavy atom. The molecule has 0 unspecified atom stereocenters. The van der Waals surface area contributed by atoms with Gasteiger partial charge in [0.05, 0.1) is 31.3 Å². The molecule has 2 heterocycles. The third-order valence-electron chi connectivity index (χ3n) is 3.84. The Balaban J connectivity index is 1.83. The lowest BCUT2D eigenvalue weighted by Crippen LogP contribution is -2.46. The summed E-state index contributed by atoms with van der Waals surface area (Å²) in [4.78, 5) is 17.7. The highest BCUT2D eigenvalue weighted by atomic mass is 19.3. The van der Waals surface area contributed by atoms with Crippen LogP contribution in [0, 0.1) is 0 Å². The van der Waals surface area contributed by atoms with E-state index in [1.807, 2.05) is 4.90 Å². The van der Waals surface area contributed by atoms with Gasteiger partial charge < -0.3 is 9.47 Å². The number of morpholine rings is 1. The van der Waals surface area contributed by atoms with Gasteiger partial charge in [-0.05, 0) is 12.1 Å². The molecule has 1 aliphatic heterocycles. The number of hydrogen-bond donors (Lipinski definition) is 0. The Kier molecular flexibility index (Phi) is 4.53. The topological polar surface area (TPSA) is 56.6 Å². The van der Waals surface area contributed by atoms with Gasteiger partial charge >= 0.3 is 12.5 Å². The number of alkyl halides is 2. The molecular weight excluding hydrogens is 308 g/mol. The van der Waals surface area contributed by atoms with Gasteiger partial charge in [0, 0.05) is 13.1 Å². The summed E-state index contributed by atoms with van der Waals surface area (Å²) in [7, 11) is 1.29. The quantitative estimate of drug-likeness (QED) is 0.803. The number of ether oxygens (including phenoxy) is 2. The minimum absolute atomic E-state index is 0.218. The number of nitrogens with zero attached hydrogens (tertiary/aromatic N) is 3. The van der Waals surface area contributed by atoms with Crippen LogP contribution in [0.4, 0.5) is 8.78 Å². The molecule has 0 bridgehead atoms. The van der Waals surface area contributed by atoms with Crippen molar-refractivity contribution in [2.45, 2.75) is 19.2 Å². The number of fused-ring (bicyclic) bond motifs is 1. The smallest absolute Gasteiger partial charge is 0.336 e. The SMILES string of the molecule is COC(=O)[C@@H]1CN(Cc2nc3ccccc3n2C(F)F)CCO1. The van der Waals surface area contributed by atoms with Crippen LogP contribution in [0.2, 0.25) is 0 Å². The first-order valence-electron chi connectivity index (χ1n) is 7.26. The van der Waals surface area contributed by atoms with Gasteiger partial charge in [-0.15, -0.1) is 0 Å². The number of para-hydroxylation sites is 2. The molecule has 1 fully saturated rings. The van der Waals surface area contributed by atoms with Crippen molar-refractivity contribution in [2.24, 2.45) is 0 Å². The molecule has 0 saturated carbocycles. The molecule has 1 aromatic carbocycles. The predicted octanol–water partition coefficient (Wildman–Crippen LogP) is 1.81. The Bertz CT molecular complexity index is 704. The number of hydrogen-bond acceptors (Lipinski definition) is 5. The monoisotopic (exact) mass is 325 g/mol. The molecule has 0 amide bonds. The number of methoxy groups -OCH3 is 1. The lowest BCUT2D eigenvalue weighted by Gasteiger charge is -2.31. The van der Waals surface area contributed by atoms with Crippen molar-refractivity contribution in [3.05, 3.63) is 30.1 Å². The summed E-state index contributed by atoms with van der Waals surface area (Å²) < 4.78 is 37.8. The maximum Gasteiger partial charge on any atom is 0.336 e. The van der Waals surface area contributed by atoms with Crippen molar-refractivity contribution in [1.82, 2.24) is 14.5 Å². The fourth-order valence-electron chi connectivity index (χ4n) is 2.74. The molecule has 0 aliphatic carbocycles. The number of imidazole rings is 1. The molecule has 1 saturated heterocycles. The average molecular weight is 325 g/mol. The van der Waals surface area contributed by atoms with E-state index in [-0.39, 0.29) is 12.4 Å². The predicted molar refractivity (Wildman–Crippen MR) is 78.0 cm³/mol. The van der Waals surface area contributed by atoms with Crippen LogP contribution in [0.3, 0.4) is 0 Å². The molecule has 1 aromatic heterocycles. The van der Waals surface area contributed by atoms with Crippen LogP contribution >= 0.6 is 0 Å². The Morgan fingerprint density at radius 2 is 2.26 bits per heavy atom. The van der Waals surface area contributed by atoms with E-state index in [2.05, 4.69) is 9.72 Å². The van der Waals surface area contributed by atoms with Crippen LogP contribution in [0.1, 0.15) is 12.4 Å². The van der Waals surface area contributed by atoms with Gasteiger partial charge in [-0.2, -0.15) is 8.78 Å². The Labute approximate surface area is 131 Å². The summed E-state index contributed by atoms with van der Waals surface area (Å²) in [5, 5.41) is 0. The summed E-state index contributed by atoms with van der Waals surface area (Å²) in [5.41, 5.74) is 0.927. The van der Waals surface area contributed by atoms with Crippen LogP contribution in [-0.4, -0.2) is 53.3 Å². The van der Waals surface area contributed by atoms with Gasteiger partial charge in [-0.1, -0.05) is 12.1 Å². The summed E-state index contributed by atoms with van der Waals surface area (Å²) in [5.74, 6) is -0.191. The lowest BCUT2D eigenvalue weighted by atomic mass is 10.2. The zero-order valence-electron chi connectivity index (χ0n) is 12.6. The van der Waals surface area contributed by atoms with E-state index < -0.39 is 18.6 Å². The van der Waals surface area contributed by atoms with Crippen molar-refractivity contribution in [3.8, 4) is 0 Å². The molecule has 0 radical (unpaired) electrons. The summed E-state index contributed by atoms with van der Waals surface area (Å²) in [6, 6.07) is 6.79. The second kappa shape index (κ2) is 6.59. The molecule has 0 N–H and O–H groups in total. The van der Waals surface area contributed by atoms with Gasteiger partial charge in [0.2, 0.25) is 0 Å². The molecule has 3 rings (SSSR count). The van der Waals surface area contributed by atoms with Crippen molar-refractivity contribution in [2.75, 3.05) is 26.8 Å². The highest BCUT2D eigenvalue weighted by molar-refractivity contribution is 5.76. The number of rotatable bonds is 4. The average Bonchev–Trinajstić information content (AvgIpc) is 2.92. The van der Waals surface area contributed by atoms with Crippen LogP contribution in [0.15, 0.2) is 24.3 Å². The van der Waals surface area contributed by atoms with Gasteiger partial charge in [0.1, 0.15) is 5.82 Å². The molecule has 1 atom stereocenters. The van der Waals surface area contributed by atoms with Crippen molar-refractivity contribution in [1.29, 1.82) is 0 Å².